The normalized spacial score (nSPS) is 23.3. The largest absolute Gasteiger partial charge is 0.298 e. The molecule has 0 bridgehead atoms. The van der Waals surface area contributed by atoms with E-state index < -0.39 is 0 Å². The van der Waals surface area contributed by atoms with Gasteiger partial charge in [0.25, 0.3) is 0 Å². The van der Waals surface area contributed by atoms with Crippen molar-refractivity contribution in [2.75, 3.05) is 32.7 Å². The number of nitriles is 1. The van der Waals surface area contributed by atoms with Gasteiger partial charge in [0.15, 0.2) is 5.78 Å². The molecule has 3 rings (SSSR count). The Balaban J connectivity index is 1.58. The molecule has 21 heavy (non-hydrogen) atoms. The number of fused-ring (bicyclic) bond motifs is 1. The molecule has 2 heterocycles. The first-order chi connectivity index (χ1) is 10.3. The number of hydrogen-bond acceptors (Lipinski definition) is 4. The Morgan fingerprint density at radius 1 is 1.19 bits per heavy atom. The number of benzene rings is 1. The zero-order valence-electron chi connectivity index (χ0n) is 12.3. The molecule has 0 saturated carbocycles. The average molecular weight is 283 g/mol. The van der Waals surface area contributed by atoms with E-state index in [0.29, 0.717) is 23.7 Å². The van der Waals surface area contributed by atoms with E-state index in [1.54, 1.807) is 24.3 Å². The van der Waals surface area contributed by atoms with Crippen LogP contribution in [0.5, 0.6) is 0 Å². The summed E-state index contributed by atoms with van der Waals surface area (Å²) in [5, 5.41) is 8.79. The minimum Gasteiger partial charge on any atom is -0.298 e. The Morgan fingerprint density at radius 3 is 2.76 bits per heavy atom. The summed E-state index contributed by atoms with van der Waals surface area (Å²) < 4.78 is 0. The van der Waals surface area contributed by atoms with E-state index >= 15 is 0 Å². The number of ketones is 1. The summed E-state index contributed by atoms with van der Waals surface area (Å²) in [5.41, 5.74) is 1.31. The van der Waals surface area contributed by atoms with Crippen LogP contribution in [0.3, 0.4) is 0 Å². The smallest absolute Gasteiger partial charge is 0.176 e. The lowest BCUT2D eigenvalue weighted by molar-refractivity contribution is 0.0469. The maximum atomic E-state index is 12.3. The zero-order chi connectivity index (χ0) is 14.7. The summed E-state index contributed by atoms with van der Waals surface area (Å²) in [7, 11) is 0. The third kappa shape index (κ3) is 3.31. The fraction of sp³-hybridized carbons (Fsp3) is 0.529. The number of rotatable bonds is 3. The molecular formula is C17H21N3O. The molecule has 0 aromatic heterocycles. The van der Waals surface area contributed by atoms with Crippen LogP contribution in [0.1, 0.15) is 35.2 Å². The van der Waals surface area contributed by atoms with E-state index in [9.17, 15) is 4.79 Å². The monoisotopic (exact) mass is 283 g/mol. The SMILES string of the molecule is N#Cc1ccc(C(=O)CN2CCN3CCCCC3C2)cc1. The quantitative estimate of drug-likeness (QED) is 0.795. The van der Waals surface area contributed by atoms with Crippen molar-refractivity contribution in [3.8, 4) is 6.07 Å². The van der Waals surface area contributed by atoms with Crippen LogP contribution in [-0.4, -0.2) is 54.3 Å². The third-order valence-electron chi connectivity index (χ3n) is 4.62. The molecule has 4 heteroatoms. The molecule has 0 amide bonds. The van der Waals surface area contributed by atoms with Gasteiger partial charge in [-0.3, -0.25) is 14.6 Å². The molecule has 2 aliphatic rings. The van der Waals surface area contributed by atoms with Crippen molar-refractivity contribution in [3.63, 3.8) is 0 Å². The molecule has 0 spiro atoms. The van der Waals surface area contributed by atoms with Gasteiger partial charge in [-0.05, 0) is 31.5 Å². The number of piperazine rings is 1. The van der Waals surface area contributed by atoms with E-state index in [1.165, 1.54) is 25.8 Å². The Morgan fingerprint density at radius 2 is 2.00 bits per heavy atom. The standard InChI is InChI=1S/C17H21N3O/c18-11-14-4-6-15(7-5-14)17(21)13-19-9-10-20-8-2-1-3-16(20)12-19/h4-7,16H,1-3,8-10,12-13H2. The topological polar surface area (TPSA) is 47.3 Å². The van der Waals surface area contributed by atoms with Crippen LogP contribution >= 0.6 is 0 Å². The lowest BCUT2D eigenvalue weighted by Gasteiger charge is -2.43. The predicted octanol–water partition coefficient (Wildman–Crippen LogP) is 1.91. The second-order valence-electron chi connectivity index (χ2n) is 6.03. The molecule has 4 nitrogen and oxygen atoms in total. The Labute approximate surface area is 126 Å². The number of carbonyl (C=O) groups is 1. The van der Waals surface area contributed by atoms with Crippen LogP contribution in [0.25, 0.3) is 0 Å². The molecule has 0 aliphatic carbocycles. The first-order valence-electron chi connectivity index (χ1n) is 7.76. The van der Waals surface area contributed by atoms with E-state index in [4.69, 9.17) is 5.26 Å². The highest BCUT2D eigenvalue weighted by molar-refractivity contribution is 5.97. The first kappa shape index (κ1) is 14.2. The molecule has 2 aliphatic heterocycles. The zero-order valence-corrected chi connectivity index (χ0v) is 12.3. The van der Waals surface area contributed by atoms with Crippen LogP contribution in [-0.2, 0) is 0 Å². The van der Waals surface area contributed by atoms with Gasteiger partial charge in [0, 0.05) is 31.2 Å². The predicted molar refractivity (Wildman–Crippen MR) is 81.1 cm³/mol. The van der Waals surface area contributed by atoms with Gasteiger partial charge in [-0.25, -0.2) is 0 Å². The molecule has 0 N–H and O–H groups in total. The minimum absolute atomic E-state index is 0.156. The molecule has 1 aromatic rings. The Kier molecular flexibility index (Phi) is 4.33. The molecule has 1 aromatic carbocycles. The van der Waals surface area contributed by atoms with Crippen molar-refractivity contribution >= 4 is 5.78 Å². The van der Waals surface area contributed by atoms with Crippen LogP contribution < -0.4 is 0 Å². The molecule has 110 valence electrons. The van der Waals surface area contributed by atoms with Crippen molar-refractivity contribution in [1.29, 1.82) is 5.26 Å². The third-order valence-corrected chi connectivity index (χ3v) is 4.62. The van der Waals surface area contributed by atoms with E-state index in [1.807, 2.05) is 0 Å². The van der Waals surface area contributed by atoms with Gasteiger partial charge in [0.05, 0.1) is 18.2 Å². The van der Waals surface area contributed by atoms with Gasteiger partial charge < -0.3 is 0 Å². The van der Waals surface area contributed by atoms with Crippen LogP contribution in [0.2, 0.25) is 0 Å². The van der Waals surface area contributed by atoms with Crippen molar-refractivity contribution in [3.05, 3.63) is 35.4 Å². The van der Waals surface area contributed by atoms with Gasteiger partial charge in [-0.1, -0.05) is 18.6 Å². The van der Waals surface area contributed by atoms with Crippen LogP contribution in [0, 0.1) is 11.3 Å². The summed E-state index contributed by atoms with van der Waals surface area (Å²) in [6.07, 6.45) is 3.90. The maximum Gasteiger partial charge on any atom is 0.176 e. The fourth-order valence-corrected chi connectivity index (χ4v) is 3.39. The Hall–Kier alpha value is -1.70. The van der Waals surface area contributed by atoms with Crippen LogP contribution in [0.15, 0.2) is 24.3 Å². The maximum absolute atomic E-state index is 12.3. The number of Topliss-reactive ketones (excluding diaryl/α,β-unsaturated/α-hetero) is 1. The first-order valence-corrected chi connectivity index (χ1v) is 7.76. The summed E-state index contributed by atoms with van der Waals surface area (Å²) >= 11 is 0. The van der Waals surface area contributed by atoms with E-state index in [-0.39, 0.29) is 5.78 Å². The van der Waals surface area contributed by atoms with Crippen molar-refractivity contribution in [2.24, 2.45) is 0 Å². The molecule has 1 atom stereocenters. The van der Waals surface area contributed by atoms with Gasteiger partial charge in [0.2, 0.25) is 0 Å². The van der Waals surface area contributed by atoms with Crippen LogP contribution in [0.4, 0.5) is 0 Å². The average Bonchev–Trinajstić information content (AvgIpc) is 2.55. The molecular weight excluding hydrogens is 262 g/mol. The number of piperidine rings is 1. The summed E-state index contributed by atoms with van der Waals surface area (Å²) in [6.45, 7) is 4.81. The van der Waals surface area contributed by atoms with Crippen molar-refractivity contribution in [2.45, 2.75) is 25.3 Å². The summed E-state index contributed by atoms with van der Waals surface area (Å²) in [4.78, 5) is 17.2. The summed E-state index contributed by atoms with van der Waals surface area (Å²) in [6, 6.07) is 9.67. The number of hydrogen-bond donors (Lipinski definition) is 0. The highest BCUT2D eigenvalue weighted by atomic mass is 16.1. The second kappa shape index (κ2) is 6.38. The van der Waals surface area contributed by atoms with Gasteiger partial charge in [-0.2, -0.15) is 5.26 Å². The Bertz CT molecular complexity index is 546. The van der Waals surface area contributed by atoms with Crippen molar-refractivity contribution in [1.82, 2.24) is 9.80 Å². The molecule has 2 saturated heterocycles. The molecule has 0 radical (unpaired) electrons. The highest BCUT2D eigenvalue weighted by Gasteiger charge is 2.29. The van der Waals surface area contributed by atoms with Gasteiger partial charge in [-0.15, -0.1) is 0 Å². The molecule has 2 fully saturated rings. The molecule has 1 unspecified atom stereocenters. The number of carbonyl (C=O) groups excluding carboxylic acids is 1. The second-order valence-corrected chi connectivity index (χ2v) is 6.03. The van der Waals surface area contributed by atoms with Gasteiger partial charge >= 0.3 is 0 Å². The van der Waals surface area contributed by atoms with E-state index in [0.717, 1.165) is 19.6 Å². The summed E-state index contributed by atoms with van der Waals surface area (Å²) in [5.74, 6) is 0.156. The lowest BCUT2D eigenvalue weighted by Crippen LogP contribution is -2.55. The van der Waals surface area contributed by atoms with Crippen molar-refractivity contribution < 1.29 is 4.79 Å². The van der Waals surface area contributed by atoms with Gasteiger partial charge in [0.1, 0.15) is 0 Å². The lowest BCUT2D eigenvalue weighted by atomic mass is 9.99. The van der Waals surface area contributed by atoms with E-state index in [2.05, 4.69) is 15.9 Å². The fourth-order valence-electron chi connectivity index (χ4n) is 3.39. The minimum atomic E-state index is 0.156. The number of nitrogens with zero attached hydrogens (tertiary/aromatic N) is 3. The highest BCUT2D eigenvalue weighted by Crippen LogP contribution is 2.21.